The molecule has 2 rings (SSSR count). The van der Waals surface area contributed by atoms with Gasteiger partial charge >= 0.3 is 0 Å². The van der Waals surface area contributed by atoms with Crippen LogP contribution < -0.4 is 5.73 Å². The quantitative estimate of drug-likeness (QED) is 0.772. The van der Waals surface area contributed by atoms with Crippen molar-refractivity contribution in [2.24, 2.45) is 11.3 Å². The molecular weight excluding hydrogens is 337 g/mol. The number of halogens is 1. The number of nitrogens with zero attached hydrogens (tertiary/aromatic N) is 2. The van der Waals surface area contributed by atoms with Crippen molar-refractivity contribution in [2.75, 3.05) is 5.73 Å². The third kappa shape index (κ3) is 3.13. The third-order valence-corrected chi connectivity index (χ3v) is 4.94. The van der Waals surface area contributed by atoms with Gasteiger partial charge in [0.15, 0.2) is 0 Å². The molecule has 1 aliphatic rings. The molecule has 1 aromatic rings. The van der Waals surface area contributed by atoms with Crippen molar-refractivity contribution in [3.05, 3.63) is 15.6 Å². The highest BCUT2D eigenvalue weighted by Crippen LogP contribution is 2.42. The molecule has 4 heteroatoms. The fraction of sp³-hybridized carbons (Fsp3) is 0.714. The lowest BCUT2D eigenvalue weighted by atomic mass is 9.70. The van der Waals surface area contributed by atoms with Gasteiger partial charge in [0.25, 0.3) is 0 Å². The largest absolute Gasteiger partial charge is 0.383 e. The second kappa shape index (κ2) is 5.31. The van der Waals surface area contributed by atoms with E-state index in [2.05, 4.69) is 53.3 Å². The van der Waals surface area contributed by atoms with E-state index in [-0.39, 0.29) is 0 Å². The van der Waals surface area contributed by atoms with Gasteiger partial charge in [-0.1, -0.05) is 20.8 Å². The van der Waals surface area contributed by atoms with E-state index >= 15 is 0 Å². The van der Waals surface area contributed by atoms with E-state index < -0.39 is 0 Å². The monoisotopic (exact) mass is 359 g/mol. The van der Waals surface area contributed by atoms with Gasteiger partial charge in [-0.2, -0.15) is 0 Å². The molecule has 0 unspecified atom stereocenters. The minimum absolute atomic E-state index is 0.428. The molecule has 0 spiro atoms. The lowest BCUT2D eigenvalue weighted by Gasteiger charge is -2.36. The molecule has 0 saturated heterocycles. The Balaban J connectivity index is 2.03. The first-order chi connectivity index (χ1) is 8.38. The number of hydrogen-bond donors (Lipinski definition) is 1. The molecule has 0 bridgehead atoms. The number of nitrogens with two attached hydrogens (primary N) is 1. The zero-order chi connectivity index (χ0) is 13.3. The molecule has 0 atom stereocenters. The summed E-state index contributed by atoms with van der Waals surface area (Å²) >= 11 is 2.18. The van der Waals surface area contributed by atoms with Crippen molar-refractivity contribution in [1.82, 2.24) is 9.97 Å². The maximum atomic E-state index is 5.87. The van der Waals surface area contributed by atoms with E-state index in [1.54, 1.807) is 0 Å². The second-order valence-electron chi connectivity index (χ2n) is 6.38. The summed E-state index contributed by atoms with van der Waals surface area (Å²) in [6.45, 7) is 7.03. The molecule has 0 amide bonds. The molecule has 3 nitrogen and oxygen atoms in total. The molecule has 100 valence electrons. The molecule has 1 saturated carbocycles. The van der Waals surface area contributed by atoms with Crippen LogP contribution in [0, 0.1) is 14.9 Å². The van der Waals surface area contributed by atoms with Crippen LogP contribution in [0.15, 0.2) is 6.20 Å². The lowest BCUT2D eigenvalue weighted by Crippen LogP contribution is -2.25. The van der Waals surface area contributed by atoms with Gasteiger partial charge in [-0.25, -0.2) is 9.97 Å². The van der Waals surface area contributed by atoms with Crippen molar-refractivity contribution in [3.63, 3.8) is 0 Å². The first kappa shape index (κ1) is 14.0. The number of hydrogen-bond acceptors (Lipinski definition) is 3. The van der Waals surface area contributed by atoms with Crippen LogP contribution in [0.2, 0.25) is 0 Å². The summed E-state index contributed by atoms with van der Waals surface area (Å²) in [5.41, 5.74) is 6.29. The van der Waals surface area contributed by atoms with Crippen LogP contribution in [0.5, 0.6) is 0 Å². The van der Waals surface area contributed by atoms with Gasteiger partial charge in [0.1, 0.15) is 11.6 Å². The Hall–Kier alpha value is -0.390. The van der Waals surface area contributed by atoms with Crippen molar-refractivity contribution >= 4 is 28.4 Å². The zero-order valence-corrected chi connectivity index (χ0v) is 13.6. The fourth-order valence-electron chi connectivity index (χ4n) is 2.81. The van der Waals surface area contributed by atoms with Gasteiger partial charge in [0.05, 0.1) is 3.57 Å². The van der Waals surface area contributed by atoms with Gasteiger partial charge in [-0.3, -0.25) is 0 Å². The standard InChI is InChI=1S/C14H22IN3/c1-14(2,3)10-6-4-9(5-7-10)13-17-8-11(15)12(16)18-13/h8-10H,4-7H2,1-3H3,(H2,16,17,18). The molecule has 1 aromatic heterocycles. The molecule has 0 aromatic carbocycles. The van der Waals surface area contributed by atoms with E-state index in [1.807, 2.05) is 6.20 Å². The molecule has 18 heavy (non-hydrogen) atoms. The van der Waals surface area contributed by atoms with E-state index in [1.165, 1.54) is 25.7 Å². The van der Waals surface area contributed by atoms with Gasteiger partial charge in [0.2, 0.25) is 0 Å². The van der Waals surface area contributed by atoms with Gasteiger partial charge < -0.3 is 5.73 Å². The topological polar surface area (TPSA) is 51.8 Å². The van der Waals surface area contributed by atoms with Crippen LogP contribution in [-0.4, -0.2) is 9.97 Å². The maximum Gasteiger partial charge on any atom is 0.140 e. The van der Waals surface area contributed by atoms with Crippen LogP contribution in [-0.2, 0) is 0 Å². The smallest absolute Gasteiger partial charge is 0.140 e. The Morgan fingerprint density at radius 1 is 1.22 bits per heavy atom. The SMILES string of the molecule is CC(C)(C)C1CCC(c2ncc(I)c(N)n2)CC1. The molecular formula is C14H22IN3. The van der Waals surface area contributed by atoms with E-state index in [4.69, 9.17) is 5.73 Å². The van der Waals surface area contributed by atoms with E-state index in [0.29, 0.717) is 17.2 Å². The zero-order valence-electron chi connectivity index (χ0n) is 11.4. The van der Waals surface area contributed by atoms with Crippen LogP contribution in [0.3, 0.4) is 0 Å². The lowest BCUT2D eigenvalue weighted by molar-refractivity contribution is 0.167. The minimum atomic E-state index is 0.428. The number of rotatable bonds is 1. The Kier molecular flexibility index (Phi) is 4.14. The Morgan fingerprint density at radius 3 is 2.33 bits per heavy atom. The number of aromatic nitrogens is 2. The maximum absolute atomic E-state index is 5.87. The summed E-state index contributed by atoms with van der Waals surface area (Å²) < 4.78 is 0.944. The Morgan fingerprint density at radius 2 is 1.83 bits per heavy atom. The van der Waals surface area contributed by atoms with E-state index in [9.17, 15) is 0 Å². The van der Waals surface area contributed by atoms with Crippen LogP contribution in [0.4, 0.5) is 5.82 Å². The van der Waals surface area contributed by atoms with Crippen molar-refractivity contribution in [1.29, 1.82) is 0 Å². The minimum Gasteiger partial charge on any atom is -0.383 e. The van der Waals surface area contributed by atoms with Crippen molar-refractivity contribution in [2.45, 2.75) is 52.4 Å². The molecule has 1 aliphatic carbocycles. The van der Waals surface area contributed by atoms with Gasteiger partial charge in [-0.15, -0.1) is 0 Å². The summed E-state index contributed by atoms with van der Waals surface area (Å²) in [5, 5.41) is 0. The summed E-state index contributed by atoms with van der Waals surface area (Å²) in [6, 6.07) is 0. The first-order valence-corrected chi connectivity index (χ1v) is 7.73. The highest BCUT2D eigenvalue weighted by molar-refractivity contribution is 14.1. The summed E-state index contributed by atoms with van der Waals surface area (Å²) in [4.78, 5) is 8.89. The van der Waals surface area contributed by atoms with Crippen LogP contribution in [0.1, 0.15) is 58.2 Å². The molecule has 1 fully saturated rings. The fourth-order valence-corrected chi connectivity index (χ4v) is 3.07. The third-order valence-electron chi connectivity index (χ3n) is 4.11. The first-order valence-electron chi connectivity index (χ1n) is 6.66. The number of anilines is 1. The predicted molar refractivity (Wildman–Crippen MR) is 83.3 cm³/mol. The van der Waals surface area contributed by atoms with Crippen LogP contribution >= 0.6 is 22.6 Å². The van der Waals surface area contributed by atoms with Gasteiger partial charge in [0, 0.05) is 12.1 Å². The highest BCUT2D eigenvalue weighted by Gasteiger charge is 2.31. The second-order valence-corrected chi connectivity index (χ2v) is 7.54. The number of nitrogen functional groups attached to an aromatic ring is 1. The molecule has 0 aliphatic heterocycles. The molecule has 2 N–H and O–H groups in total. The predicted octanol–water partition coefficient (Wildman–Crippen LogP) is 3.98. The summed E-state index contributed by atoms with van der Waals surface area (Å²) in [6.07, 6.45) is 6.80. The normalized spacial score (nSPS) is 25.1. The van der Waals surface area contributed by atoms with Gasteiger partial charge in [-0.05, 0) is 59.6 Å². The molecule has 1 heterocycles. The highest BCUT2D eigenvalue weighted by atomic mass is 127. The summed E-state index contributed by atoms with van der Waals surface area (Å²) in [7, 11) is 0. The molecule has 0 radical (unpaired) electrons. The van der Waals surface area contributed by atoms with Crippen LogP contribution in [0.25, 0.3) is 0 Å². The van der Waals surface area contributed by atoms with Crippen molar-refractivity contribution in [3.8, 4) is 0 Å². The average Bonchev–Trinajstić information content (AvgIpc) is 2.32. The van der Waals surface area contributed by atoms with Crippen molar-refractivity contribution < 1.29 is 0 Å². The average molecular weight is 359 g/mol. The van der Waals surface area contributed by atoms with E-state index in [0.717, 1.165) is 15.3 Å². The Bertz CT molecular complexity index is 418. The summed E-state index contributed by atoms with van der Waals surface area (Å²) in [5.74, 6) is 2.90. The Labute approximate surface area is 123 Å².